The number of nitrogens with one attached hydrogen (secondary N) is 1. The van der Waals surface area contributed by atoms with Crippen LogP contribution in [0.2, 0.25) is 5.02 Å². The van der Waals surface area contributed by atoms with Gasteiger partial charge in [0.25, 0.3) is 5.91 Å². The lowest BCUT2D eigenvalue weighted by molar-refractivity contribution is 0.102. The van der Waals surface area contributed by atoms with Gasteiger partial charge >= 0.3 is 0 Å². The summed E-state index contributed by atoms with van der Waals surface area (Å²) in [5, 5.41) is 12.6. The summed E-state index contributed by atoms with van der Waals surface area (Å²) in [5.74, 6) is 0.585. The van der Waals surface area contributed by atoms with Crippen molar-refractivity contribution in [3.8, 4) is 5.75 Å². The first-order valence-corrected chi connectivity index (χ1v) is 9.96. The lowest BCUT2D eigenvalue weighted by Crippen LogP contribution is -2.23. The predicted octanol–water partition coefficient (Wildman–Crippen LogP) is 4.26. The minimum absolute atomic E-state index is 0.281. The molecule has 0 aliphatic carbocycles. The molecule has 0 unspecified atom stereocenters. The van der Waals surface area contributed by atoms with Crippen LogP contribution in [-0.4, -0.2) is 41.2 Å². The number of hydrogen-bond donors (Lipinski definition) is 1. The molecule has 1 heterocycles. The van der Waals surface area contributed by atoms with Gasteiger partial charge in [0.15, 0.2) is 0 Å². The molecule has 0 saturated heterocycles. The van der Waals surface area contributed by atoms with E-state index in [0.29, 0.717) is 28.9 Å². The Bertz CT molecular complexity index is 930. The Morgan fingerprint density at radius 3 is 2.75 bits per heavy atom. The van der Waals surface area contributed by atoms with Crippen LogP contribution in [0.1, 0.15) is 20.4 Å². The number of anilines is 1. The van der Waals surface area contributed by atoms with Gasteiger partial charge in [-0.1, -0.05) is 35.1 Å². The second kappa shape index (κ2) is 9.64. The van der Waals surface area contributed by atoms with Gasteiger partial charge in [-0.15, -0.1) is 10.2 Å². The van der Waals surface area contributed by atoms with Gasteiger partial charge in [-0.05, 0) is 55.9 Å². The Hall–Kier alpha value is -2.48. The molecule has 0 spiro atoms. The largest absolute Gasteiger partial charge is 0.492 e. The van der Waals surface area contributed by atoms with E-state index in [1.165, 1.54) is 16.9 Å². The normalized spacial score (nSPS) is 10.9. The lowest BCUT2D eigenvalue weighted by Gasteiger charge is -2.15. The van der Waals surface area contributed by atoms with Crippen LogP contribution in [0.5, 0.6) is 5.75 Å². The maximum absolute atomic E-state index is 12.3. The zero-order valence-electron chi connectivity index (χ0n) is 15.7. The van der Waals surface area contributed by atoms with E-state index in [0.717, 1.165) is 17.3 Å². The van der Waals surface area contributed by atoms with Crippen LogP contribution < -0.4 is 10.1 Å². The van der Waals surface area contributed by atoms with Crippen molar-refractivity contribution in [1.82, 2.24) is 15.1 Å². The van der Waals surface area contributed by atoms with Crippen molar-refractivity contribution in [2.75, 3.05) is 25.5 Å². The summed E-state index contributed by atoms with van der Waals surface area (Å²) < 4.78 is 5.77. The van der Waals surface area contributed by atoms with Crippen molar-refractivity contribution in [3.05, 3.63) is 69.1 Å². The number of benzene rings is 2. The average Bonchev–Trinajstić information content (AvgIpc) is 3.12. The molecule has 0 bridgehead atoms. The molecule has 0 aliphatic rings. The third kappa shape index (κ3) is 6.02. The zero-order valence-corrected chi connectivity index (χ0v) is 17.3. The monoisotopic (exact) mass is 416 g/mol. The summed E-state index contributed by atoms with van der Waals surface area (Å²) in [6.45, 7) is 3.95. The second-order valence-corrected chi connectivity index (χ2v) is 7.86. The molecule has 28 heavy (non-hydrogen) atoms. The number of hydrogen-bond acceptors (Lipinski definition) is 6. The lowest BCUT2D eigenvalue weighted by atomic mass is 10.2. The van der Waals surface area contributed by atoms with E-state index in [4.69, 9.17) is 16.3 Å². The van der Waals surface area contributed by atoms with E-state index in [2.05, 4.69) is 20.4 Å². The molecule has 8 heteroatoms. The van der Waals surface area contributed by atoms with E-state index < -0.39 is 0 Å². The number of ether oxygens (including phenoxy) is 1. The van der Waals surface area contributed by atoms with E-state index in [-0.39, 0.29) is 5.91 Å². The predicted molar refractivity (Wildman–Crippen MR) is 112 cm³/mol. The van der Waals surface area contributed by atoms with Crippen LogP contribution in [0.4, 0.5) is 5.69 Å². The Morgan fingerprint density at radius 1 is 1.21 bits per heavy atom. The van der Waals surface area contributed by atoms with Crippen LogP contribution in [0.25, 0.3) is 0 Å². The van der Waals surface area contributed by atoms with Gasteiger partial charge in [0.1, 0.15) is 17.4 Å². The fourth-order valence-electron chi connectivity index (χ4n) is 2.46. The van der Waals surface area contributed by atoms with Crippen LogP contribution in [0.15, 0.2) is 48.5 Å². The third-order valence-electron chi connectivity index (χ3n) is 3.90. The first-order valence-electron chi connectivity index (χ1n) is 8.77. The Labute approximate surface area is 173 Å². The molecular formula is C20H21ClN4O2S. The van der Waals surface area contributed by atoms with Crippen molar-refractivity contribution in [2.24, 2.45) is 0 Å². The molecule has 146 valence electrons. The van der Waals surface area contributed by atoms with Crippen LogP contribution in [0, 0.1) is 6.92 Å². The number of halogens is 1. The summed E-state index contributed by atoms with van der Waals surface area (Å²) in [7, 11) is 1.98. The molecule has 3 aromatic rings. The number of rotatable bonds is 8. The molecule has 1 N–H and O–H groups in total. The Morgan fingerprint density at radius 2 is 2.00 bits per heavy atom. The van der Waals surface area contributed by atoms with Crippen LogP contribution in [0.3, 0.4) is 0 Å². The number of carbonyl (C=O) groups excluding carboxylic acids is 1. The number of likely N-dealkylation sites (N-methyl/N-ethyl adjacent to an activating group) is 1. The Kier molecular flexibility index (Phi) is 6.97. The summed E-state index contributed by atoms with van der Waals surface area (Å²) in [6.07, 6.45) is 0. The summed E-state index contributed by atoms with van der Waals surface area (Å²) in [5.41, 5.74) is 1.83. The van der Waals surface area contributed by atoms with Gasteiger partial charge in [0.2, 0.25) is 5.01 Å². The highest BCUT2D eigenvalue weighted by molar-refractivity contribution is 7.13. The van der Waals surface area contributed by atoms with E-state index in [1.807, 2.05) is 38.2 Å². The SMILES string of the molecule is Cc1cccc(OCCN(C)Cc2nnc(C(=O)Nc3ccc(Cl)cc3)s2)c1. The number of aromatic nitrogens is 2. The van der Waals surface area contributed by atoms with Crippen molar-refractivity contribution in [1.29, 1.82) is 0 Å². The van der Waals surface area contributed by atoms with Gasteiger partial charge < -0.3 is 10.1 Å². The smallest absolute Gasteiger partial charge is 0.286 e. The fraction of sp³-hybridized carbons (Fsp3) is 0.250. The average molecular weight is 417 g/mol. The Balaban J connectivity index is 1.46. The standard InChI is InChI=1S/C20H21ClN4O2S/c1-14-4-3-5-17(12-14)27-11-10-25(2)13-18-23-24-20(28-18)19(26)22-16-8-6-15(21)7-9-16/h3-9,12H,10-11,13H2,1-2H3,(H,22,26). The maximum atomic E-state index is 12.3. The molecule has 0 aliphatic heterocycles. The molecule has 1 aromatic heterocycles. The summed E-state index contributed by atoms with van der Waals surface area (Å²) in [6, 6.07) is 14.9. The zero-order chi connectivity index (χ0) is 19.9. The first-order chi connectivity index (χ1) is 13.5. The molecule has 0 atom stereocenters. The molecule has 6 nitrogen and oxygen atoms in total. The van der Waals surface area contributed by atoms with Gasteiger partial charge in [-0.25, -0.2) is 0 Å². The highest BCUT2D eigenvalue weighted by atomic mass is 35.5. The molecule has 0 saturated carbocycles. The van der Waals surface area contributed by atoms with Crippen molar-refractivity contribution in [3.63, 3.8) is 0 Å². The second-order valence-electron chi connectivity index (χ2n) is 6.36. The number of nitrogens with zero attached hydrogens (tertiary/aromatic N) is 3. The first kappa shape index (κ1) is 20.3. The van der Waals surface area contributed by atoms with Crippen molar-refractivity contribution in [2.45, 2.75) is 13.5 Å². The van der Waals surface area contributed by atoms with E-state index >= 15 is 0 Å². The fourth-order valence-corrected chi connectivity index (χ4v) is 3.40. The molecular weight excluding hydrogens is 396 g/mol. The quantitative estimate of drug-likeness (QED) is 0.594. The number of carbonyl (C=O) groups is 1. The molecule has 0 radical (unpaired) electrons. The topological polar surface area (TPSA) is 67.3 Å². The van der Waals surface area contributed by atoms with Gasteiger partial charge in [-0.2, -0.15) is 0 Å². The maximum Gasteiger partial charge on any atom is 0.286 e. The van der Waals surface area contributed by atoms with Gasteiger partial charge in [0.05, 0.1) is 6.54 Å². The third-order valence-corrected chi connectivity index (χ3v) is 5.06. The summed E-state index contributed by atoms with van der Waals surface area (Å²) in [4.78, 5) is 14.4. The number of amides is 1. The van der Waals surface area contributed by atoms with Crippen LogP contribution in [-0.2, 0) is 6.54 Å². The van der Waals surface area contributed by atoms with Gasteiger partial charge in [0, 0.05) is 17.3 Å². The van der Waals surface area contributed by atoms with E-state index in [1.54, 1.807) is 24.3 Å². The molecule has 1 amide bonds. The number of aryl methyl sites for hydroxylation is 1. The minimum Gasteiger partial charge on any atom is -0.492 e. The minimum atomic E-state index is -0.281. The van der Waals surface area contributed by atoms with Crippen LogP contribution >= 0.6 is 22.9 Å². The highest BCUT2D eigenvalue weighted by Gasteiger charge is 2.14. The van der Waals surface area contributed by atoms with Gasteiger partial charge in [-0.3, -0.25) is 9.69 Å². The van der Waals surface area contributed by atoms with Crippen molar-refractivity contribution >= 4 is 34.5 Å². The highest BCUT2D eigenvalue weighted by Crippen LogP contribution is 2.17. The molecule has 0 fully saturated rings. The summed E-state index contributed by atoms with van der Waals surface area (Å²) >= 11 is 7.13. The van der Waals surface area contributed by atoms with E-state index in [9.17, 15) is 4.79 Å². The molecule has 3 rings (SSSR count). The molecule has 2 aromatic carbocycles. The van der Waals surface area contributed by atoms with Crippen molar-refractivity contribution < 1.29 is 9.53 Å².